The van der Waals surface area contributed by atoms with Crippen LogP contribution in [0.15, 0.2) is 24.3 Å². The van der Waals surface area contributed by atoms with E-state index in [0.717, 1.165) is 6.42 Å². The zero-order chi connectivity index (χ0) is 17.5. The van der Waals surface area contributed by atoms with Gasteiger partial charge in [0.05, 0.1) is 6.61 Å². The van der Waals surface area contributed by atoms with Crippen molar-refractivity contribution in [2.24, 2.45) is 5.73 Å². The van der Waals surface area contributed by atoms with Crippen molar-refractivity contribution in [2.75, 3.05) is 13.2 Å². The number of hydrogen-bond acceptors (Lipinski definition) is 3. The fraction of sp³-hybridized carbons (Fsp3) is 0.650. The van der Waals surface area contributed by atoms with E-state index in [0.29, 0.717) is 18.1 Å². The summed E-state index contributed by atoms with van der Waals surface area (Å²) in [4.78, 5) is 10.8. The standard InChI is InChI=1S/C20H33NO3/c1-2-3-4-5-6-7-8-9-10-13-16-23-18-14-11-12-15-19(18)24-17-20(21)22/h11-12,14-15H,2-10,13,16-17H2,1H3,(H2,21,22). The summed E-state index contributed by atoms with van der Waals surface area (Å²) in [5, 5.41) is 0. The normalized spacial score (nSPS) is 10.5. The zero-order valence-electron chi connectivity index (χ0n) is 15.1. The predicted octanol–water partition coefficient (Wildman–Crippen LogP) is 4.85. The van der Waals surface area contributed by atoms with Gasteiger partial charge in [-0.3, -0.25) is 4.79 Å². The quantitative estimate of drug-likeness (QED) is 0.466. The zero-order valence-corrected chi connectivity index (χ0v) is 15.1. The lowest BCUT2D eigenvalue weighted by atomic mass is 10.1. The van der Waals surface area contributed by atoms with Gasteiger partial charge in [0.15, 0.2) is 18.1 Å². The predicted molar refractivity (Wildman–Crippen MR) is 98.5 cm³/mol. The summed E-state index contributed by atoms with van der Waals surface area (Å²) in [6, 6.07) is 7.39. The topological polar surface area (TPSA) is 61.6 Å². The Morgan fingerprint density at radius 2 is 1.33 bits per heavy atom. The second kappa shape index (κ2) is 13.7. The summed E-state index contributed by atoms with van der Waals surface area (Å²) in [6.07, 6.45) is 13.0. The van der Waals surface area contributed by atoms with E-state index in [9.17, 15) is 4.79 Å². The maximum absolute atomic E-state index is 10.8. The number of para-hydroxylation sites is 2. The van der Waals surface area contributed by atoms with Crippen molar-refractivity contribution in [3.8, 4) is 11.5 Å². The van der Waals surface area contributed by atoms with Crippen LogP contribution in [0.5, 0.6) is 11.5 Å². The number of primary amides is 1. The lowest BCUT2D eigenvalue weighted by Crippen LogP contribution is -2.20. The Labute approximate surface area is 146 Å². The van der Waals surface area contributed by atoms with Crippen LogP contribution < -0.4 is 15.2 Å². The summed E-state index contributed by atoms with van der Waals surface area (Å²) in [5.74, 6) is 0.762. The number of amides is 1. The summed E-state index contributed by atoms with van der Waals surface area (Å²) < 4.78 is 11.1. The van der Waals surface area contributed by atoms with E-state index in [1.54, 1.807) is 6.07 Å². The third-order valence-electron chi connectivity index (χ3n) is 3.97. The highest BCUT2D eigenvalue weighted by atomic mass is 16.5. The van der Waals surface area contributed by atoms with Gasteiger partial charge in [-0.25, -0.2) is 0 Å². The molecule has 0 atom stereocenters. The third-order valence-corrected chi connectivity index (χ3v) is 3.97. The molecule has 0 spiro atoms. The van der Waals surface area contributed by atoms with Crippen LogP contribution in [0.3, 0.4) is 0 Å². The van der Waals surface area contributed by atoms with Gasteiger partial charge in [-0.1, -0.05) is 76.8 Å². The number of rotatable bonds is 15. The maximum atomic E-state index is 10.8. The molecule has 2 N–H and O–H groups in total. The second-order valence-electron chi connectivity index (χ2n) is 6.23. The van der Waals surface area contributed by atoms with Crippen molar-refractivity contribution in [1.29, 1.82) is 0 Å². The van der Waals surface area contributed by atoms with E-state index < -0.39 is 5.91 Å². The van der Waals surface area contributed by atoms with Crippen molar-refractivity contribution in [1.82, 2.24) is 0 Å². The van der Waals surface area contributed by atoms with Crippen molar-refractivity contribution in [3.05, 3.63) is 24.3 Å². The highest BCUT2D eigenvalue weighted by molar-refractivity contribution is 5.75. The largest absolute Gasteiger partial charge is 0.490 e. The van der Waals surface area contributed by atoms with Crippen LogP contribution in [0, 0.1) is 0 Å². The highest BCUT2D eigenvalue weighted by Crippen LogP contribution is 2.26. The van der Waals surface area contributed by atoms with Crippen LogP contribution in [0.4, 0.5) is 0 Å². The summed E-state index contributed by atoms with van der Waals surface area (Å²) >= 11 is 0. The second-order valence-corrected chi connectivity index (χ2v) is 6.23. The van der Waals surface area contributed by atoms with Gasteiger partial charge >= 0.3 is 0 Å². The molecule has 0 fully saturated rings. The Morgan fingerprint density at radius 1 is 0.833 bits per heavy atom. The molecule has 0 saturated heterocycles. The lowest BCUT2D eigenvalue weighted by molar-refractivity contribution is -0.119. The maximum Gasteiger partial charge on any atom is 0.255 e. The van der Waals surface area contributed by atoms with Crippen molar-refractivity contribution >= 4 is 5.91 Å². The number of carbonyl (C=O) groups excluding carboxylic acids is 1. The van der Waals surface area contributed by atoms with Gasteiger partial charge < -0.3 is 15.2 Å². The molecule has 0 saturated carbocycles. The minimum Gasteiger partial charge on any atom is -0.490 e. The first-order valence-electron chi connectivity index (χ1n) is 9.37. The van der Waals surface area contributed by atoms with Crippen molar-refractivity contribution < 1.29 is 14.3 Å². The SMILES string of the molecule is CCCCCCCCCCCCOc1ccccc1OCC(N)=O. The molecular formula is C20H33NO3. The molecule has 1 amide bonds. The Morgan fingerprint density at radius 3 is 1.88 bits per heavy atom. The number of benzene rings is 1. The molecule has 4 heteroatoms. The van der Waals surface area contributed by atoms with Crippen LogP contribution in [0.25, 0.3) is 0 Å². The summed E-state index contributed by atoms with van der Waals surface area (Å²) in [5.41, 5.74) is 5.10. The average Bonchev–Trinajstić information content (AvgIpc) is 2.58. The van der Waals surface area contributed by atoms with Gasteiger partial charge in [0.1, 0.15) is 0 Å². The van der Waals surface area contributed by atoms with E-state index in [1.807, 2.05) is 18.2 Å². The van der Waals surface area contributed by atoms with Gasteiger partial charge in [0.25, 0.3) is 5.91 Å². The molecule has 4 nitrogen and oxygen atoms in total. The Bertz CT molecular complexity index is 448. The first-order valence-corrected chi connectivity index (χ1v) is 9.37. The monoisotopic (exact) mass is 335 g/mol. The number of nitrogens with two attached hydrogens (primary N) is 1. The number of carbonyl (C=O) groups is 1. The molecule has 1 aromatic carbocycles. The highest BCUT2D eigenvalue weighted by Gasteiger charge is 2.05. The third kappa shape index (κ3) is 10.1. The molecule has 136 valence electrons. The van der Waals surface area contributed by atoms with E-state index in [2.05, 4.69) is 6.92 Å². The fourth-order valence-corrected chi connectivity index (χ4v) is 2.61. The smallest absolute Gasteiger partial charge is 0.255 e. The molecule has 24 heavy (non-hydrogen) atoms. The van der Waals surface area contributed by atoms with Gasteiger partial charge in [-0.2, -0.15) is 0 Å². The molecule has 1 rings (SSSR count). The van der Waals surface area contributed by atoms with Gasteiger partial charge in [-0.15, -0.1) is 0 Å². The molecule has 0 heterocycles. The van der Waals surface area contributed by atoms with Crippen molar-refractivity contribution in [3.63, 3.8) is 0 Å². The molecule has 0 aliphatic rings. The van der Waals surface area contributed by atoms with Crippen molar-refractivity contribution in [2.45, 2.75) is 71.1 Å². The molecule has 0 aliphatic heterocycles. The van der Waals surface area contributed by atoms with E-state index in [-0.39, 0.29) is 6.61 Å². The first-order chi connectivity index (χ1) is 11.7. The van der Waals surface area contributed by atoms with Crippen LogP contribution in [-0.4, -0.2) is 19.1 Å². The Balaban J connectivity index is 2.06. The van der Waals surface area contributed by atoms with Gasteiger partial charge in [0, 0.05) is 0 Å². The minimum atomic E-state index is -0.487. The number of hydrogen-bond donors (Lipinski definition) is 1. The fourth-order valence-electron chi connectivity index (χ4n) is 2.61. The van der Waals surface area contributed by atoms with Gasteiger partial charge in [-0.05, 0) is 18.6 Å². The van der Waals surface area contributed by atoms with Crippen LogP contribution in [0.2, 0.25) is 0 Å². The number of ether oxygens (including phenoxy) is 2. The van der Waals surface area contributed by atoms with E-state index in [4.69, 9.17) is 15.2 Å². The lowest BCUT2D eigenvalue weighted by Gasteiger charge is -2.11. The molecule has 1 aromatic rings. The Kier molecular flexibility index (Phi) is 11.6. The van der Waals surface area contributed by atoms with Crippen LogP contribution in [0.1, 0.15) is 71.1 Å². The molecule has 0 unspecified atom stereocenters. The summed E-state index contributed by atoms with van der Waals surface area (Å²) in [6.45, 7) is 2.80. The molecule has 0 aliphatic carbocycles. The number of unbranched alkanes of at least 4 members (excludes halogenated alkanes) is 9. The minimum absolute atomic E-state index is 0.126. The van der Waals surface area contributed by atoms with E-state index in [1.165, 1.54) is 57.8 Å². The first kappa shape index (κ1) is 20.3. The molecular weight excluding hydrogens is 302 g/mol. The average molecular weight is 335 g/mol. The summed E-state index contributed by atoms with van der Waals surface area (Å²) in [7, 11) is 0. The van der Waals surface area contributed by atoms with Gasteiger partial charge in [0.2, 0.25) is 0 Å². The van der Waals surface area contributed by atoms with Crippen LogP contribution in [-0.2, 0) is 4.79 Å². The molecule has 0 aromatic heterocycles. The van der Waals surface area contributed by atoms with E-state index >= 15 is 0 Å². The molecule has 0 bridgehead atoms. The molecule has 0 radical (unpaired) electrons. The Hall–Kier alpha value is -1.71. The van der Waals surface area contributed by atoms with Crippen LogP contribution >= 0.6 is 0 Å².